The van der Waals surface area contributed by atoms with E-state index in [0.29, 0.717) is 5.41 Å². The van der Waals surface area contributed by atoms with Crippen molar-refractivity contribution in [3.63, 3.8) is 0 Å². The zero-order valence-corrected chi connectivity index (χ0v) is 11.3. The van der Waals surface area contributed by atoms with E-state index in [2.05, 4.69) is 30.3 Å². The van der Waals surface area contributed by atoms with Crippen LogP contribution in [0.15, 0.2) is 30.3 Å². The van der Waals surface area contributed by atoms with Gasteiger partial charge in [0.2, 0.25) is 0 Å². The first-order valence-corrected chi connectivity index (χ1v) is 7.90. The van der Waals surface area contributed by atoms with Crippen molar-refractivity contribution in [2.45, 2.75) is 56.8 Å². The predicted molar refractivity (Wildman–Crippen MR) is 75.5 cm³/mol. The molecule has 0 radical (unpaired) electrons. The van der Waals surface area contributed by atoms with Gasteiger partial charge < -0.3 is 0 Å². The van der Waals surface area contributed by atoms with Gasteiger partial charge in [-0.2, -0.15) is 0 Å². The molecule has 0 heterocycles. The van der Waals surface area contributed by atoms with Crippen LogP contribution in [-0.2, 0) is 5.41 Å². The Kier molecular flexibility index (Phi) is 2.53. The Labute approximate surface area is 111 Å². The SMILES string of the molecule is c1ccc(C23CC4CCCC(CC(C4)C2)C3)cc1. The molecule has 4 fully saturated rings. The monoisotopic (exact) mass is 240 g/mol. The first-order valence-electron chi connectivity index (χ1n) is 7.90. The van der Waals surface area contributed by atoms with Gasteiger partial charge in [0.15, 0.2) is 0 Å². The van der Waals surface area contributed by atoms with Crippen LogP contribution in [0.4, 0.5) is 0 Å². The van der Waals surface area contributed by atoms with Gasteiger partial charge in [-0.3, -0.25) is 0 Å². The Morgan fingerprint density at radius 1 is 0.778 bits per heavy atom. The van der Waals surface area contributed by atoms with Crippen molar-refractivity contribution in [2.75, 3.05) is 0 Å². The highest BCUT2D eigenvalue weighted by Crippen LogP contribution is 2.57. The molecule has 4 bridgehead atoms. The van der Waals surface area contributed by atoms with E-state index >= 15 is 0 Å². The van der Waals surface area contributed by atoms with E-state index in [1.165, 1.54) is 38.5 Å². The van der Waals surface area contributed by atoms with E-state index in [4.69, 9.17) is 0 Å². The first-order chi connectivity index (χ1) is 8.84. The second-order valence-electron chi connectivity index (χ2n) is 7.26. The topological polar surface area (TPSA) is 0 Å². The molecular formula is C18H24. The summed E-state index contributed by atoms with van der Waals surface area (Å²) in [5, 5.41) is 0. The van der Waals surface area contributed by atoms with Crippen LogP contribution in [0.3, 0.4) is 0 Å². The molecule has 1 aromatic rings. The van der Waals surface area contributed by atoms with E-state index in [1.807, 2.05) is 0 Å². The fourth-order valence-corrected chi connectivity index (χ4v) is 5.56. The van der Waals surface area contributed by atoms with Gasteiger partial charge in [-0.05, 0) is 60.8 Å². The minimum atomic E-state index is 0.568. The Morgan fingerprint density at radius 2 is 1.39 bits per heavy atom. The van der Waals surface area contributed by atoms with Crippen molar-refractivity contribution in [1.82, 2.24) is 0 Å². The maximum atomic E-state index is 2.41. The summed E-state index contributed by atoms with van der Waals surface area (Å²) < 4.78 is 0. The molecule has 18 heavy (non-hydrogen) atoms. The molecule has 0 amide bonds. The molecule has 0 spiro atoms. The molecular weight excluding hydrogens is 216 g/mol. The molecule has 1 aromatic carbocycles. The fraction of sp³-hybridized carbons (Fsp3) is 0.667. The molecule has 0 aliphatic heterocycles. The van der Waals surface area contributed by atoms with E-state index < -0.39 is 0 Å². The van der Waals surface area contributed by atoms with Crippen LogP contribution in [-0.4, -0.2) is 0 Å². The highest BCUT2D eigenvalue weighted by Gasteiger charge is 2.47. The molecule has 0 nitrogen and oxygen atoms in total. The lowest BCUT2D eigenvalue weighted by Crippen LogP contribution is -2.44. The van der Waals surface area contributed by atoms with Crippen molar-refractivity contribution in [1.29, 1.82) is 0 Å². The maximum absolute atomic E-state index is 2.41. The molecule has 5 rings (SSSR count). The molecule has 2 atom stereocenters. The van der Waals surface area contributed by atoms with E-state index in [1.54, 1.807) is 18.4 Å². The zero-order valence-electron chi connectivity index (χ0n) is 11.3. The lowest BCUT2D eigenvalue weighted by molar-refractivity contribution is 0.0399. The van der Waals surface area contributed by atoms with Crippen molar-refractivity contribution in [3.8, 4) is 0 Å². The molecule has 4 aliphatic carbocycles. The summed E-state index contributed by atoms with van der Waals surface area (Å²) in [6, 6.07) is 11.5. The summed E-state index contributed by atoms with van der Waals surface area (Å²) in [5.74, 6) is 3.11. The first kappa shape index (κ1) is 11.1. The smallest absolute Gasteiger partial charge is 0.00391 e. The van der Waals surface area contributed by atoms with Crippen molar-refractivity contribution in [2.24, 2.45) is 17.8 Å². The molecule has 0 saturated heterocycles. The van der Waals surface area contributed by atoms with Gasteiger partial charge in [0, 0.05) is 0 Å². The van der Waals surface area contributed by atoms with Crippen molar-refractivity contribution < 1.29 is 0 Å². The van der Waals surface area contributed by atoms with Gasteiger partial charge in [0.1, 0.15) is 0 Å². The third-order valence-corrected chi connectivity index (χ3v) is 5.98. The third-order valence-electron chi connectivity index (χ3n) is 5.98. The van der Waals surface area contributed by atoms with Crippen LogP contribution in [0.1, 0.15) is 56.9 Å². The number of rotatable bonds is 1. The number of hydrogen-bond acceptors (Lipinski definition) is 0. The van der Waals surface area contributed by atoms with Gasteiger partial charge in [-0.25, -0.2) is 0 Å². The van der Waals surface area contributed by atoms with Crippen LogP contribution in [0, 0.1) is 17.8 Å². The maximum Gasteiger partial charge on any atom is -0.00391 e. The summed E-state index contributed by atoms with van der Waals surface area (Å²) in [6.07, 6.45) is 12.1. The van der Waals surface area contributed by atoms with Gasteiger partial charge in [0.05, 0.1) is 0 Å². The highest BCUT2D eigenvalue weighted by molar-refractivity contribution is 5.28. The Balaban J connectivity index is 1.75. The molecule has 2 unspecified atom stereocenters. The molecule has 0 aromatic heterocycles. The average molecular weight is 240 g/mol. The van der Waals surface area contributed by atoms with Gasteiger partial charge in [-0.1, -0.05) is 49.6 Å². The Morgan fingerprint density at radius 3 is 2.06 bits per heavy atom. The Hall–Kier alpha value is -0.780. The second kappa shape index (κ2) is 4.11. The van der Waals surface area contributed by atoms with Gasteiger partial charge in [0.25, 0.3) is 0 Å². The van der Waals surface area contributed by atoms with Crippen LogP contribution >= 0.6 is 0 Å². The normalized spacial score (nSPS) is 42.6. The summed E-state index contributed by atoms with van der Waals surface area (Å²) >= 11 is 0. The second-order valence-corrected chi connectivity index (χ2v) is 7.26. The lowest BCUT2D eigenvalue weighted by atomic mass is 9.52. The summed E-state index contributed by atoms with van der Waals surface area (Å²) in [5.41, 5.74) is 2.23. The number of benzene rings is 1. The fourth-order valence-electron chi connectivity index (χ4n) is 5.56. The van der Waals surface area contributed by atoms with Crippen LogP contribution in [0.25, 0.3) is 0 Å². The molecule has 96 valence electrons. The van der Waals surface area contributed by atoms with Crippen LogP contribution in [0.5, 0.6) is 0 Å². The number of hydrogen-bond donors (Lipinski definition) is 0. The largest absolute Gasteiger partial charge is 0.0622 e. The van der Waals surface area contributed by atoms with Gasteiger partial charge in [-0.15, -0.1) is 0 Å². The standard InChI is InChI=1S/C18H24/c1-2-7-17(8-3-1)18-11-14-5-4-6-15(12-18)10-16(9-14)13-18/h1-3,7-8,14-16H,4-6,9-13H2. The van der Waals surface area contributed by atoms with E-state index in [-0.39, 0.29) is 0 Å². The Bertz CT molecular complexity index is 403. The van der Waals surface area contributed by atoms with Crippen LogP contribution in [0.2, 0.25) is 0 Å². The zero-order chi connectivity index (χ0) is 12.0. The highest BCUT2D eigenvalue weighted by atomic mass is 14.5. The van der Waals surface area contributed by atoms with Crippen molar-refractivity contribution in [3.05, 3.63) is 35.9 Å². The summed E-state index contributed by atoms with van der Waals surface area (Å²) in [7, 11) is 0. The lowest BCUT2D eigenvalue weighted by Gasteiger charge is -2.53. The van der Waals surface area contributed by atoms with E-state index in [0.717, 1.165) is 17.8 Å². The minimum absolute atomic E-state index is 0.568. The van der Waals surface area contributed by atoms with Crippen LogP contribution < -0.4 is 0 Å². The molecule has 4 aliphatic rings. The molecule has 0 heteroatoms. The van der Waals surface area contributed by atoms with Gasteiger partial charge >= 0.3 is 0 Å². The predicted octanol–water partition coefficient (Wildman–Crippen LogP) is 4.93. The summed E-state index contributed by atoms with van der Waals surface area (Å²) in [6.45, 7) is 0. The average Bonchev–Trinajstić information content (AvgIpc) is 2.37. The summed E-state index contributed by atoms with van der Waals surface area (Å²) in [4.78, 5) is 0. The van der Waals surface area contributed by atoms with E-state index in [9.17, 15) is 0 Å². The quantitative estimate of drug-likeness (QED) is 0.652. The minimum Gasteiger partial charge on any atom is -0.0622 e. The third kappa shape index (κ3) is 1.73. The van der Waals surface area contributed by atoms with Crippen molar-refractivity contribution >= 4 is 0 Å². The number of fused-ring (bicyclic) bond motifs is 2. The molecule has 0 N–H and O–H groups in total. The molecule has 4 saturated carbocycles.